The zero-order chi connectivity index (χ0) is 23.2. The molecule has 4 aromatic rings. The van der Waals surface area contributed by atoms with E-state index in [2.05, 4.69) is 10.1 Å². The first-order valence-corrected chi connectivity index (χ1v) is 12.4. The average molecular weight is 468 g/mol. The van der Waals surface area contributed by atoms with Crippen LogP contribution in [0.25, 0.3) is 11.0 Å². The number of rotatable bonds is 6. The van der Waals surface area contributed by atoms with Gasteiger partial charge in [-0.2, -0.15) is 4.98 Å². The molecule has 0 bridgehead atoms. The van der Waals surface area contributed by atoms with Crippen molar-refractivity contribution in [2.24, 2.45) is 7.05 Å². The first kappa shape index (κ1) is 21.7. The second-order valence-electron chi connectivity index (χ2n) is 8.53. The van der Waals surface area contributed by atoms with Crippen LogP contribution in [0.15, 0.2) is 57.9 Å². The van der Waals surface area contributed by atoms with Crippen LogP contribution in [-0.2, 0) is 29.2 Å². The molecule has 172 valence electrons. The van der Waals surface area contributed by atoms with E-state index >= 15 is 0 Å². The van der Waals surface area contributed by atoms with E-state index in [1.54, 1.807) is 24.3 Å². The van der Waals surface area contributed by atoms with Crippen LogP contribution in [0.4, 0.5) is 0 Å². The maximum atomic E-state index is 12.7. The fourth-order valence-corrected chi connectivity index (χ4v) is 5.46. The van der Waals surface area contributed by atoms with Crippen molar-refractivity contribution in [1.29, 1.82) is 0 Å². The van der Waals surface area contributed by atoms with Gasteiger partial charge in [0.1, 0.15) is 11.6 Å². The smallest absolute Gasteiger partial charge is 0.244 e. The molecule has 10 heteroatoms. The molecule has 0 saturated carbocycles. The average Bonchev–Trinajstić information content (AvgIpc) is 3.46. The highest BCUT2D eigenvalue weighted by Gasteiger charge is 2.37. The molecule has 1 aliphatic heterocycles. The van der Waals surface area contributed by atoms with Crippen LogP contribution in [0.1, 0.15) is 35.6 Å². The number of β-amino-alcohol motifs (C(OH)–C–C–N with tert-alkyl or cyclic N) is 1. The van der Waals surface area contributed by atoms with Crippen molar-refractivity contribution in [2.45, 2.75) is 42.7 Å². The zero-order valence-electron chi connectivity index (χ0n) is 18.4. The summed E-state index contributed by atoms with van der Waals surface area (Å²) >= 11 is 0. The van der Waals surface area contributed by atoms with Crippen molar-refractivity contribution in [3.8, 4) is 0 Å². The van der Waals surface area contributed by atoms with Crippen LogP contribution in [0.3, 0.4) is 0 Å². The molecule has 0 aliphatic carbocycles. The SMILES string of the molecule is Cc1ccc(S(=O)(=O)Cc2noc([C@H]3C[C@@H](O)CN3Cc3nc4ccccc4n3C)n2)cc1. The summed E-state index contributed by atoms with van der Waals surface area (Å²) in [6, 6.07) is 14.3. The maximum absolute atomic E-state index is 12.7. The Morgan fingerprint density at radius 2 is 1.88 bits per heavy atom. The summed E-state index contributed by atoms with van der Waals surface area (Å²) in [7, 11) is -1.63. The number of para-hydroxylation sites is 2. The number of nitrogens with zero attached hydrogens (tertiary/aromatic N) is 5. The fraction of sp³-hybridized carbons (Fsp3) is 0.348. The topological polar surface area (TPSA) is 114 Å². The summed E-state index contributed by atoms with van der Waals surface area (Å²) in [4.78, 5) is 11.4. The molecular formula is C23H25N5O4S. The van der Waals surface area contributed by atoms with Crippen molar-refractivity contribution < 1.29 is 18.0 Å². The third-order valence-corrected chi connectivity index (χ3v) is 7.70. The summed E-state index contributed by atoms with van der Waals surface area (Å²) in [5, 5.41) is 14.2. The molecule has 0 spiro atoms. The monoisotopic (exact) mass is 467 g/mol. The Morgan fingerprint density at radius 3 is 2.64 bits per heavy atom. The Bertz CT molecular complexity index is 1390. The van der Waals surface area contributed by atoms with Crippen molar-refractivity contribution in [3.63, 3.8) is 0 Å². The second kappa shape index (κ2) is 8.36. The van der Waals surface area contributed by atoms with E-state index in [-0.39, 0.29) is 22.5 Å². The van der Waals surface area contributed by atoms with Crippen molar-refractivity contribution in [2.75, 3.05) is 6.54 Å². The van der Waals surface area contributed by atoms with Gasteiger partial charge < -0.3 is 14.2 Å². The third-order valence-electron chi connectivity index (χ3n) is 6.07. The minimum atomic E-state index is -3.59. The number of aliphatic hydroxyl groups excluding tert-OH is 1. The van der Waals surface area contributed by atoms with E-state index in [1.165, 1.54) is 0 Å². The van der Waals surface area contributed by atoms with Gasteiger partial charge in [0.25, 0.3) is 0 Å². The summed E-state index contributed by atoms with van der Waals surface area (Å²) in [5.41, 5.74) is 2.93. The highest BCUT2D eigenvalue weighted by atomic mass is 32.2. The summed E-state index contributed by atoms with van der Waals surface area (Å²) in [5.74, 6) is 0.922. The highest BCUT2D eigenvalue weighted by molar-refractivity contribution is 7.90. The van der Waals surface area contributed by atoms with Crippen LogP contribution >= 0.6 is 0 Å². The predicted molar refractivity (Wildman–Crippen MR) is 121 cm³/mol. The van der Waals surface area contributed by atoms with E-state index in [0.29, 0.717) is 25.4 Å². The molecule has 2 atom stereocenters. The number of aromatic nitrogens is 4. The Labute approximate surface area is 191 Å². The van der Waals surface area contributed by atoms with Gasteiger partial charge in [0, 0.05) is 13.6 Å². The van der Waals surface area contributed by atoms with E-state index in [0.717, 1.165) is 22.4 Å². The number of benzene rings is 2. The quantitative estimate of drug-likeness (QED) is 0.460. The molecule has 0 amide bonds. The molecule has 3 heterocycles. The lowest BCUT2D eigenvalue weighted by Crippen LogP contribution is -2.26. The molecule has 0 unspecified atom stereocenters. The molecule has 0 radical (unpaired) electrons. The molecule has 2 aromatic heterocycles. The van der Waals surface area contributed by atoms with Gasteiger partial charge in [0.15, 0.2) is 15.7 Å². The molecule has 1 fully saturated rings. The number of aryl methyl sites for hydroxylation is 2. The standard InChI is InChI=1S/C23H25N5O4S/c1-15-7-9-17(10-8-15)33(30,31)14-21-25-23(32-26-21)20-11-16(29)12-28(20)13-22-24-18-5-3-4-6-19(18)27(22)2/h3-10,16,20,29H,11-14H2,1-2H3/t16-,20-/m1/s1. The van der Waals surface area contributed by atoms with E-state index in [1.807, 2.05) is 47.7 Å². The second-order valence-corrected chi connectivity index (χ2v) is 10.5. The fourth-order valence-electron chi connectivity index (χ4n) is 4.29. The summed E-state index contributed by atoms with van der Waals surface area (Å²) in [6.45, 7) is 2.83. The first-order chi connectivity index (χ1) is 15.8. The maximum Gasteiger partial charge on any atom is 0.244 e. The van der Waals surface area contributed by atoms with E-state index < -0.39 is 15.9 Å². The lowest BCUT2D eigenvalue weighted by Gasteiger charge is -2.20. The van der Waals surface area contributed by atoms with Gasteiger partial charge in [0.05, 0.1) is 34.6 Å². The molecule has 1 N–H and O–H groups in total. The van der Waals surface area contributed by atoms with E-state index in [4.69, 9.17) is 9.51 Å². The van der Waals surface area contributed by atoms with Gasteiger partial charge in [-0.05, 0) is 37.6 Å². The van der Waals surface area contributed by atoms with Gasteiger partial charge >= 0.3 is 0 Å². The van der Waals surface area contributed by atoms with Crippen molar-refractivity contribution in [1.82, 2.24) is 24.6 Å². The number of hydrogen-bond donors (Lipinski definition) is 1. The Balaban J connectivity index is 1.36. The Hall–Kier alpha value is -3.08. The largest absolute Gasteiger partial charge is 0.392 e. The molecule has 2 aromatic carbocycles. The van der Waals surface area contributed by atoms with Crippen LogP contribution in [0, 0.1) is 6.92 Å². The molecule has 1 saturated heterocycles. The Morgan fingerprint density at radius 1 is 1.12 bits per heavy atom. The van der Waals surface area contributed by atoms with Gasteiger partial charge in [0.2, 0.25) is 5.89 Å². The zero-order valence-corrected chi connectivity index (χ0v) is 19.2. The number of fused-ring (bicyclic) bond motifs is 1. The van der Waals surface area contributed by atoms with Crippen LogP contribution in [-0.4, -0.2) is 50.8 Å². The van der Waals surface area contributed by atoms with Crippen LogP contribution in [0.2, 0.25) is 0 Å². The molecule has 1 aliphatic rings. The predicted octanol–water partition coefficient (Wildman–Crippen LogP) is 2.55. The molecule has 9 nitrogen and oxygen atoms in total. The first-order valence-electron chi connectivity index (χ1n) is 10.7. The molecular weight excluding hydrogens is 442 g/mol. The summed E-state index contributed by atoms with van der Waals surface area (Å²) < 4.78 is 33.0. The minimum Gasteiger partial charge on any atom is -0.392 e. The number of likely N-dealkylation sites (tertiary alicyclic amines) is 1. The normalized spacial score (nSPS) is 19.5. The van der Waals surface area contributed by atoms with E-state index in [9.17, 15) is 13.5 Å². The molecule has 33 heavy (non-hydrogen) atoms. The number of sulfone groups is 1. The van der Waals surface area contributed by atoms with Gasteiger partial charge in [-0.25, -0.2) is 13.4 Å². The van der Waals surface area contributed by atoms with Crippen molar-refractivity contribution in [3.05, 3.63) is 71.6 Å². The Kier molecular flexibility index (Phi) is 5.51. The third kappa shape index (κ3) is 4.29. The number of imidazole rings is 1. The lowest BCUT2D eigenvalue weighted by molar-refractivity contribution is 0.167. The van der Waals surface area contributed by atoms with Gasteiger partial charge in [-0.3, -0.25) is 4.90 Å². The summed E-state index contributed by atoms with van der Waals surface area (Å²) in [6.07, 6.45) is -0.118. The highest BCUT2D eigenvalue weighted by Crippen LogP contribution is 2.33. The lowest BCUT2D eigenvalue weighted by atomic mass is 10.2. The number of aliphatic hydroxyl groups is 1. The molecule has 5 rings (SSSR count). The van der Waals surface area contributed by atoms with Gasteiger partial charge in [-0.15, -0.1) is 0 Å². The van der Waals surface area contributed by atoms with Crippen molar-refractivity contribution >= 4 is 20.9 Å². The van der Waals surface area contributed by atoms with Gasteiger partial charge in [-0.1, -0.05) is 35.0 Å². The minimum absolute atomic E-state index is 0.106. The number of hydrogen-bond acceptors (Lipinski definition) is 8. The van der Waals surface area contributed by atoms with Crippen LogP contribution in [0.5, 0.6) is 0 Å². The van der Waals surface area contributed by atoms with Crippen LogP contribution < -0.4 is 0 Å².